The highest BCUT2D eigenvalue weighted by Crippen LogP contribution is 2.30. The lowest BCUT2D eigenvalue weighted by molar-refractivity contribution is -0.149. The summed E-state index contributed by atoms with van der Waals surface area (Å²) < 4.78 is 11.3. The number of esters is 1. The van der Waals surface area contributed by atoms with Crippen LogP contribution in [0.4, 0.5) is 0 Å². The zero-order valence-corrected chi connectivity index (χ0v) is 23.6. The first-order valence-electron chi connectivity index (χ1n) is 13.1. The number of benzene rings is 2. The van der Waals surface area contributed by atoms with Gasteiger partial charge >= 0.3 is 11.9 Å². The number of hydrogen-bond acceptors (Lipinski definition) is 8. The minimum atomic E-state index is -1.04. The molecule has 0 aliphatic rings. The Hall–Kier alpha value is -4.08. The number of carboxylic acid groups (broad SMARTS) is 1. The number of aliphatic carboxylic acids is 1. The molecule has 1 atom stereocenters. The molecule has 2 aromatic heterocycles. The second kappa shape index (κ2) is 13.3. The molecule has 0 spiro atoms. The molecule has 4 rings (SSSR count). The molecule has 2 heterocycles. The maximum Gasteiger partial charge on any atom is 0.327 e. The Kier molecular flexibility index (Phi) is 9.63. The summed E-state index contributed by atoms with van der Waals surface area (Å²) in [4.78, 5) is 34.1. The van der Waals surface area contributed by atoms with Gasteiger partial charge in [0.2, 0.25) is 0 Å². The van der Waals surface area contributed by atoms with E-state index in [4.69, 9.17) is 25.3 Å². The predicted molar refractivity (Wildman–Crippen MR) is 155 cm³/mol. The number of carbonyl (C=O) groups excluding carboxylic acids is 1. The minimum absolute atomic E-state index is 0.0743. The van der Waals surface area contributed by atoms with Crippen LogP contribution in [0.3, 0.4) is 0 Å². The van der Waals surface area contributed by atoms with Crippen molar-refractivity contribution in [1.29, 1.82) is 0 Å². The molecule has 0 radical (unpaired) electrons. The Labute approximate surface area is 237 Å². The maximum absolute atomic E-state index is 12.5. The van der Waals surface area contributed by atoms with Gasteiger partial charge in [-0.3, -0.25) is 9.78 Å². The highest BCUT2D eigenvalue weighted by molar-refractivity contribution is 7.15. The van der Waals surface area contributed by atoms with Gasteiger partial charge in [-0.15, -0.1) is 11.3 Å². The molecule has 0 bridgehead atoms. The van der Waals surface area contributed by atoms with Gasteiger partial charge in [0, 0.05) is 35.0 Å². The summed E-state index contributed by atoms with van der Waals surface area (Å²) in [5.41, 5.74) is 11.3. The number of aryl methyl sites for hydroxylation is 2. The fourth-order valence-corrected chi connectivity index (χ4v) is 5.15. The number of nitrogens with two attached hydrogens (primary N) is 1. The van der Waals surface area contributed by atoms with E-state index in [-0.39, 0.29) is 18.9 Å². The summed E-state index contributed by atoms with van der Waals surface area (Å²) >= 11 is 1.62. The number of thiazole rings is 1. The summed E-state index contributed by atoms with van der Waals surface area (Å²) in [6.07, 6.45) is 2.30. The number of rotatable bonds is 12. The number of hydrogen-bond donors (Lipinski definition) is 2. The molecule has 0 amide bonds. The topological polar surface area (TPSA) is 125 Å². The van der Waals surface area contributed by atoms with Crippen LogP contribution in [0.2, 0.25) is 0 Å². The van der Waals surface area contributed by atoms with Gasteiger partial charge in [-0.05, 0) is 62.6 Å². The van der Waals surface area contributed by atoms with Gasteiger partial charge in [0.25, 0.3) is 0 Å². The first-order chi connectivity index (χ1) is 19.2. The molecule has 0 saturated carbocycles. The van der Waals surface area contributed by atoms with Crippen molar-refractivity contribution in [3.63, 3.8) is 0 Å². The third kappa shape index (κ3) is 7.52. The van der Waals surface area contributed by atoms with E-state index in [9.17, 15) is 9.59 Å². The third-order valence-corrected chi connectivity index (χ3v) is 7.31. The van der Waals surface area contributed by atoms with Crippen LogP contribution in [0.1, 0.15) is 48.0 Å². The number of aromatic nitrogens is 2. The largest absolute Gasteiger partial charge is 0.493 e. The third-order valence-electron chi connectivity index (χ3n) is 6.25. The van der Waals surface area contributed by atoms with Gasteiger partial charge in [-0.1, -0.05) is 36.4 Å². The number of carbonyl (C=O) groups is 2. The van der Waals surface area contributed by atoms with Crippen molar-refractivity contribution in [3.05, 3.63) is 88.6 Å². The average Bonchev–Trinajstić information content (AvgIpc) is 3.32. The van der Waals surface area contributed by atoms with Crippen molar-refractivity contribution in [2.75, 3.05) is 6.61 Å². The fraction of sp³-hybridized carbons (Fsp3) is 0.290. The quantitative estimate of drug-likeness (QED) is 0.210. The van der Waals surface area contributed by atoms with E-state index in [2.05, 4.69) is 4.98 Å². The molecule has 1 unspecified atom stereocenters. The molecule has 0 saturated heterocycles. The zero-order chi connectivity index (χ0) is 28.6. The van der Waals surface area contributed by atoms with E-state index in [0.717, 1.165) is 32.4 Å². The van der Waals surface area contributed by atoms with Gasteiger partial charge in [0.15, 0.2) is 0 Å². The first-order valence-corrected chi connectivity index (χ1v) is 13.9. The normalized spacial score (nSPS) is 11.8. The van der Waals surface area contributed by atoms with Crippen molar-refractivity contribution in [2.45, 2.75) is 52.2 Å². The molecule has 0 fully saturated rings. The summed E-state index contributed by atoms with van der Waals surface area (Å²) in [6, 6.07) is 18.3. The summed E-state index contributed by atoms with van der Waals surface area (Å²) in [5, 5.41) is 10.0. The van der Waals surface area contributed by atoms with Crippen LogP contribution >= 0.6 is 11.3 Å². The number of ether oxygens (including phenoxy) is 2. The molecule has 208 valence electrons. The molecule has 0 aliphatic carbocycles. The zero-order valence-electron chi connectivity index (χ0n) is 22.8. The smallest absolute Gasteiger partial charge is 0.327 e. The minimum Gasteiger partial charge on any atom is -0.493 e. The van der Waals surface area contributed by atoms with Crippen LogP contribution in [0.5, 0.6) is 5.75 Å². The van der Waals surface area contributed by atoms with E-state index in [0.29, 0.717) is 29.9 Å². The summed E-state index contributed by atoms with van der Waals surface area (Å²) in [6.45, 7) is 5.90. The van der Waals surface area contributed by atoms with Crippen molar-refractivity contribution < 1.29 is 24.2 Å². The highest BCUT2D eigenvalue weighted by Gasteiger charge is 2.23. The van der Waals surface area contributed by atoms with Gasteiger partial charge in [-0.2, -0.15) is 0 Å². The molecular formula is C31H33N3O5S. The van der Waals surface area contributed by atoms with E-state index >= 15 is 0 Å². The lowest BCUT2D eigenvalue weighted by atomic mass is 9.97. The van der Waals surface area contributed by atoms with E-state index in [1.165, 1.54) is 0 Å². The SMILES string of the molecule is Cc1sc(-c2ccc(-c3ccccc3)nc2)nc1CCOc1ccc(CCC(=O)O)c(C(N)C(=O)OC(C)C)c1. The Morgan fingerprint density at radius 2 is 1.80 bits per heavy atom. The Balaban J connectivity index is 1.43. The van der Waals surface area contributed by atoms with Gasteiger partial charge < -0.3 is 20.3 Å². The Morgan fingerprint density at radius 3 is 2.48 bits per heavy atom. The van der Waals surface area contributed by atoms with Crippen LogP contribution < -0.4 is 10.5 Å². The van der Waals surface area contributed by atoms with Crippen molar-refractivity contribution in [2.24, 2.45) is 5.73 Å². The number of nitrogens with zero attached hydrogens (tertiary/aromatic N) is 2. The number of pyridine rings is 1. The van der Waals surface area contributed by atoms with Crippen LogP contribution in [0.25, 0.3) is 21.8 Å². The molecule has 40 heavy (non-hydrogen) atoms. The Bertz CT molecular complexity index is 1450. The molecule has 9 heteroatoms. The van der Waals surface area contributed by atoms with Crippen molar-refractivity contribution >= 4 is 23.3 Å². The first kappa shape index (κ1) is 28.9. The highest BCUT2D eigenvalue weighted by atomic mass is 32.1. The molecule has 3 N–H and O–H groups in total. The van der Waals surface area contributed by atoms with E-state index in [1.807, 2.05) is 55.6 Å². The average molecular weight is 560 g/mol. The molecule has 8 nitrogen and oxygen atoms in total. The van der Waals surface area contributed by atoms with Crippen LogP contribution in [0.15, 0.2) is 66.9 Å². The lowest BCUT2D eigenvalue weighted by Gasteiger charge is -2.18. The fourth-order valence-electron chi connectivity index (χ4n) is 4.20. The summed E-state index contributed by atoms with van der Waals surface area (Å²) in [5.74, 6) is -0.957. The van der Waals surface area contributed by atoms with Gasteiger partial charge in [0.1, 0.15) is 16.8 Å². The Morgan fingerprint density at radius 1 is 1.02 bits per heavy atom. The second-order valence-corrected chi connectivity index (χ2v) is 10.8. The van der Waals surface area contributed by atoms with Crippen molar-refractivity contribution in [3.8, 4) is 27.6 Å². The second-order valence-electron chi connectivity index (χ2n) is 9.64. The van der Waals surface area contributed by atoms with Crippen LogP contribution in [-0.2, 0) is 27.2 Å². The molecule has 0 aliphatic heterocycles. The monoisotopic (exact) mass is 559 g/mol. The van der Waals surface area contributed by atoms with Crippen LogP contribution in [-0.4, -0.2) is 39.7 Å². The lowest BCUT2D eigenvalue weighted by Crippen LogP contribution is -2.27. The van der Waals surface area contributed by atoms with E-state index in [1.54, 1.807) is 43.4 Å². The summed E-state index contributed by atoms with van der Waals surface area (Å²) in [7, 11) is 0. The van der Waals surface area contributed by atoms with Crippen LogP contribution in [0, 0.1) is 6.92 Å². The number of carboxylic acids is 1. The molecule has 4 aromatic rings. The predicted octanol–water partition coefficient (Wildman–Crippen LogP) is 5.77. The molecular weight excluding hydrogens is 526 g/mol. The standard InChI is InChI=1S/C31H33N3O5S/c1-19(2)39-31(37)29(32)25-17-24(12-9-21(25)11-14-28(35)36)38-16-15-26-20(3)40-30(34-26)23-10-13-27(33-18-23)22-7-5-4-6-8-22/h4-10,12-13,17-19,29H,11,14-16,32H2,1-3H3,(H,35,36). The van der Waals surface area contributed by atoms with Gasteiger partial charge in [0.05, 0.1) is 24.1 Å². The van der Waals surface area contributed by atoms with E-state index < -0.39 is 18.0 Å². The molecule has 2 aromatic carbocycles. The maximum atomic E-state index is 12.5. The van der Waals surface area contributed by atoms with Gasteiger partial charge in [-0.25, -0.2) is 9.78 Å². The van der Waals surface area contributed by atoms with Crippen molar-refractivity contribution in [1.82, 2.24) is 9.97 Å².